The SMILES string of the molecule is O=C(N[C@@H]1CC[C@H](C(=O)O)C1)c1ccc(S(=O)(=O)N2CCCCC2)cc1. The number of carboxylic acid groups (broad SMARTS) is 1. The third kappa shape index (κ3) is 4.07. The lowest BCUT2D eigenvalue weighted by molar-refractivity contribution is -0.141. The van der Waals surface area contributed by atoms with Crippen LogP contribution in [-0.2, 0) is 14.8 Å². The molecule has 2 N–H and O–H groups in total. The van der Waals surface area contributed by atoms with E-state index in [2.05, 4.69) is 5.32 Å². The summed E-state index contributed by atoms with van der Waals surface area (Å²) < 4.78 is 26.7. The number of aliphatic carboxylic acids is 1. The number of rotatable bonds is 5. The minimum absolute atomic E-state index is 0.152. The number of benzene rings is 1. The second-order valence-corrected chi connectivity index (χ2v) is 8.95. The molecule has 0 aromatic heterocycles. The maximum absolute atomic E-state index is 12.6. The zero-order valence-corrected chi connectivity index (χ0v) is 15.4. The Morgan fingerprint density at radius 1 is 1.04 bits per heavy atom. The van der Waals surface area contributed by atoms with Crippen molar-refractivity contribution in [2.24, 2.45) is 5.92 Å². The van der Waals surface area contributed by atoms with E-state index in [4.69, 9.17) is 5.11 Å². The highest BCUT2D eigenvalue weighted by Crippen LogP contribution is 2.26. The fourth-order valence-corrected chi connectivity index (χ4v) is 5.16. The summed E-state index contributed by atoms with van der Waals surface area (Å²) in [6.07, 6.45) is 4.44. The fourth-order valence-electron chi connectivity index (χ4n) is 3.64. The minimum Gasteiger partial charge on any atom is -0.481 e. The summed E-state index contributed by atoms with van der Waals surface area (Å²) in [5.74, 6) is -1.53. The molecule has 1 aromatic carbocycles. The van der Waals surface area contributed by atoms with Gasteiger partial charge in [0, 0.05) is 24.7 Å². The molecule has 1 aliphatic heterocycles. The van der Waals surface area contributed by atoms with Gasteiger partial charge in [0.25, 0.3) is 5.91 Å². The Balaban J connectivity index is 1.64. The molecule has 0 bridgehead atoms. The standard InChI is InChI=1S/C18H24N2O5S/c21-17(19-15-7-4-14(12-15)18(22)23)13-5-8-16(9-6-13)26(24,25)20-10-2-1-3-11-20/h5-6,8-9,14-15H,1-4,7,10-12H2,(H,19,21)(H,22,23)/t14-,15+/m0/s1. The van der Waals surface area contributed by atoms with Gasteiger partial charge in [-0.3, -0.25) is 9.59 Å². The Hall–Kier alpha value is -1.93. The van der Waals surface area contributed by atoms with Gasteiger partial charge in [0.2, 0.25) is 10.0 Å². The molecule has 0 spiro atoms. The Bertz CT molecular complexity index is 769. The number of carbonyl (C=O) groups excluding carboxylic acids is 1. The van der Waals surface area contributed by atoms with Gasteiger partial charge < -0.3 is 10.4 Å². The number of piperidine rings is 1. The largest absolute Gasteiger partial charge is 0.481 e. The van der Waals surface area contributed by atoms with Gasteiger partial charge in [-0.05, 0) is 56.4 Å². The van der Waals surface area contributed by atoms with Crippen LogP contribution in [0.1, 0.15) is 48.9 Å². The van der Waals surface area contributed by atoms with Crippen molar-refractivity contribution in [3.05, 3.63) is 29.8 Å². The lowest BCUT2D eigenvalue weighted by Gasteiger charge is -2.25. The van der Waals surface area contributed by atoms with E-state index in [0.717, 1.165) is 19.3 Å². The molecule has 1 heterocycles. The quantitative estimate of drug-likeness (QED) is 0.811. The summed E-state index contributed by atoms with van der Waals surface area (Å²) in [5.41, 5.74) is 0.376. The van der Waals surface area contributed by atoms with Crippen LogP contribution in [0.2, 0.25) is 0 Å². The summed E-state index contributed by atoms with van der Waals surface area (Å²) >= 11 is 0. The predicted molar refractivity (Wildman–Crippen MR) is 95.3 cm³/mol. The molecule has 0 radical (unpaired) electrons. The number of hydrogen-bond donors (Lipinski definition) is 2. The first-order chi connectivity index (χ1) is 12.4. The van der Waals surface area contributed by atoms with Crippen molar-refractivity contribution in [1.29, 1.82) is 0 Å². The first kappa shape index (κ1) is 18.8. The monoisotopic (exact) mass is 380 g/mol. The Morgan fingerprint density at radius 2 is 1.69 bits per heavy atom. The number of nitrogens with one attached hydrogen (secondary N) is 1. The molecule has 2 aliphatic rings. The second-order valence-electron chi connectivity index (χ2n) is 7.01. The van der Waals surface area contributed by atoms with Crippen molar-refractivity contribution in [3.8, 4) is 0 Å². The lowest BCUT2D eigenvalue weighted by atomic mass is 10.1. The molecule has 142 valence electrons. The highest BCUT2D eigenvalue weighted by molar-refractivity contribution is 7.89. The number of carboxylic acids is 1. The van der Waals surface area contributed by atoms with Crippen molar-refractivity contribution >= 4 is 21.9 Å². The molecule has 7 nitrogen and oxygen atoms in total. The predicted octanol–water partition coefficient (Wildman–Crippen LogP) is 1.84. The van der Waals surface area contributed by atoms with E-state index in [1.807, 2.05) is 0 Å². The number of carbonyl (C=O) groups is 2. The van der Waals surface area contributed by atoms with Crippen LogP contribution in [0.4, 0.5) is 0 Å². The van der Waals surface area contributed by atoms with E-state index in [0.29, 0.717) is 37.9 Å². The van der Waals surface area contributed by atoms with Crippen LogP contribution in [0.15, 0.2) is 29.2 Å². The van der Waals surface area contributed by atoms with Crippen LogP contribution in [0.5, 0.6) is 0 Å². The highest BCUT2D eigenvalue weighted by Gasteiger charge is 2.31. The summed E-state index contributed by atoms with van der Waals surface area (Å²) in [6, 6.07) is 5.80. The van der Waals surface area contributed by atoms with Crippen molar-refractivity contribution < 1.29 is 23.1 Å². The molecule has 1 aromatic rings. The van der Waals surface area contributed by atoms with Gasteiger partial charge in [0.15, 0.2) is 0 Å². The second kappa shape index (κ2) is 7.75. The number of hydrogen-bond acceptors (Lipinski definition) is 4. The maximum Gasteiger partial charge on any atom is 0.306 e. The highest BCUT2D eigenvalue weighted by atomic mass is 32.2. The lowest BCUT2D eigenvalue weighted by Crippen LogP contribution is -2.35. The molecule has 2 fully saturated rings. The molecular formula is C18H24N2O5S. The van der Waals surface area contributed by atoms with E-state index in [9.17, 15) is 18.0 Å². The molecule has 1 saturated carbocycles. The summed E-state index contributed by atoms with van der Waals surface area (Å²) in [7, 11) is -3.51. The van der Waals surface area contributed by atoms with Gasteiger partial charge >= 0.3 is 5.97 Å². The maximum atomic E-state index is 12.6. The van der Waals surface area contributed by atoms with Crippen molar-refractivity contribution in [3.63, 3.8) is 0 Å². The molecule has 3 rings (SSSR count). The first-order valence-electron chi connectivity index (χ1n) is 9.02. The fraction of sp³-hybridized carbons (Fsp3) is 0.556. The molecule has 2 atom stereocenters. The summed E-state index contributed by atoms with van der Waals surface area (Å²) in [4.78, 5) is 23.5. The Morgan fingerprint density at radius 3 is 2.27 bits per heavy atom. The topological polar surface area (TPSA) is 104 Å². The number of sulfonamides is 1. The molecule has 26 heavy (non-hydrogen) atoms. The van der Waals surface area contributed by atoms with Crippen LogP contribution in [0.3, 0.4) is 0 Å². The van der Waals surface area contributed by atoms with E-state index >= 15 is 0 Å². The van der Waals surface area contributed by atoms with Gasteiger partial charge in [-0.2, -0.15) is 4.31 Å². The summed E-state index contributed by atoms with van der Waals surface area (Å²) in [6.45, 7) is 1.08. The zero-order chi connectivity index (χ0) is 18.7. The van der Waals surface area contributed by atoms with Gasteiger partial charge in [-0.1, -0.05) is 6.42 Å². The zero-order valence-electron chi connectivity index (χ0n) is 14.6. The van der Waals surface area contributed by atoms with Crippen LogP contribution in [0, 0.1) is 5.92 Å². The summed E-state index contributed by atoms with van der Waals surface area (Å²) in [5, 5.41) is 11.9. The average molecular weight is 380 g/mol. The molecule has 1 amide bonds. The van der Waals surface area contributed by atoms with Crippen molar-refractivity contribution in [2.45, 2.75) is 49.5 Å². The average Bonchev–Trinajstić information content (AvgIpc) is 3.11. The van der Waals surface area contributed by atoms with Crippen LogP contribution in [-0.4, -0.2) is 48.8 Å². The van der Waals surface area contributed by atoms with Crippen LogP contribution in [0.25, 0.3) is 0 Å². The van der Waals surface area contributed by atoms with E-state index in [-0.39, 0.29) is 16.8 Å². The van der Waals surface area contributed by atoms with Crippen molar-refractivity contribution in [1.82, 2.24) is 9.62 Å². The number of nitrogens with zero attached hydrogens (tertiary/aromatic N) is 1. The first-order valence-corrected chi connectivity index (χ1v) is 10.5. The van der Waals surface area contributed by atoms with Gasteiger partial charge in [-0.25, -0.2) is 8.42 Å². The third-order valence-electron chi connectivity index (χ3n) is 5.19. The van der Waals surface area contributed by atoms with E-state index < -0.39 is 21.9 Å². The Labute approximate surface area is 153 Å². The number of amides is 1. The van der Waals surface area contributed by atoms with E-state index in [1.54, 1.807) is 0 Å². The van der Waals surface area contributed by atoms with Gasteiger partial charge in [0.1, 0.15) is 0 Å². The molecular weight excluding hydrogens is 356 g/mol. The van der Waals surface area contributed by atoms with Gasteiger partial charge in [0.05, 0.1) is 10.8 Å². The Kier molecular flexibility index (Phi) is 5.62. The molecule has 1 aliphatic carbocycles. The van der Waals surface area contributed by atoms with Crippen LogP contribution < -0.4 is 5.32 Å². The smallest absolute Gasteiger partial charge is 0.306 e. The van der Waals surface area contributed by atoms with Crippen molar-refractivity contribution in [2.75, 3.05) is 13.1 Å². The molecule has 0 unspecified atom stereocenters. The third-order valence-corrected chi connectivity index (χ3v) is 7.10. The van der Waals surface area contributed by atoms with E-state index in [1.165, 1.54) is 28.6 Å². The van der Waals surface area contributed by atoms with Gasteiger partial charge in [-0.15, -0.1) is 0 Å². The molecule has 8 heteroatoms. The minimum atomic E-state index is -3.51. The normalized spacial score (nSPS) is 24.3. The molecule has 1 saturated heterocycles. The van der Waals surface area contributed by atoms with Crippen LogP contribution >= 0.6 is 0 Å².